The van der Waals surface area contributed by atoms with E-state index in [2.05, 4.69) is 4.98 Å². The monoisotopic (exact) mass is 319 g/mol. The number of nitrogens with zero attached hydrogens (tertiary/aromatic N) is 2. The highest BCUT2D eigenvalue weighted by molar-refractivity contribution is 5.89. The number of hydrogen-bond donors (Lipinski definition) is 2. The summed E-state index contributed by atoms with van der Waals surface area (Å²) in [7, 11) is 0. The average molecular weight is 319 g/mol. The number of H-pyrrole nitrogens is 1. The van der Waals surface area contributed by atoms with Crippen molar-refractivity contribution in [1.29, 1.82) is 0 Å². The van der Waals surface area contributed by atoms with Crippen LogP contribution >= 0.6 is 0 Å². The fourth-order valence-corrected chi connectivity index (χ4v) is 3.13. The Hall–Kier alpha value is -2.41. The number of halogens is 1. The summed E-state index contributed by atoms with van der Waals surface area (Å²) in [4.78, 5) is 29.7. The molecule has 122 valence electrons. The second-order valence-corrected chi connectivity index (χ2v) is 5.72. The molecule has 1 atom stereocenters. The Kier molecular flexibility index (Phi) is 4.04. The number of rotatable bonds is 3. The lowest BCUT2D eigenvalue weighted by Crippen LogP contribution is -2.50. The minimum Gasteiger partial charge on any atom is -0.480 e. The van der Waals surface area contributed by atoms with Crippen molar-refractivity contribution in [2.45, 2.75) is 13.0 Å². The molecule has 1 saturated heterocycles. The standard InChI is InChI=1S/C16H18FN3O3/c1-10(21)19-4-6-20(7-5-19)15(16(22)23)13-9-18-14-8-11(17)2-3-12(13)14/h2-3,8-9,15,18H,4-7H2,1H3,(H,22,23)/t15-/m0/s1. The van der Waals surface area contributed by atoms with Gasteiger partial charge in [0, 0.05) is 55.8 Å². The van der Waals surface area contributed by atoms with E-state index in [1.165, 1.54) is 19.1 Å². The number of fused-ring (bicyclic) bond motifs is 1. The van der Waals surface area contributed by atoms with E-state index in [1.807, 2.05) is 4.90 Å². The molecule has 6 nitrogen and oxygen atoms in total. The third-order valence-corrected chi connectivity index (χ3v) is 4.33. The van der Waals surface area contributed by atoms with Crippen LogP contribution in [0.25, 0.3) is 10.9 Å². The van der Waals surface area contributed by atoms with Crippen LogP contribution in [0.4, 0.5) is 4.39 Å². The molecule has 0 radical (unpaired) electrons. The predicted molar refractivity (Wildman–Crippen MR) is 82.5 cm³/mol. The Labute approximate surface area is 132 Å². The molecule has 2 N–H and O–H groups in total. The van der Waals surface area contributed by atoms with Gasteiger partial charge in [0.25, 0.3) is 0 Å². The number of carbonyl (C=O) groups is 2. The van der Waals surface area contributed by atoms with E-state index < -0.39 is 12.0 Å². The summed E-state index contributed by atoms with van der Waals surface area (Å²) in [6.45, 7) is 3.51. The number of aliphatic carboxylic acids is 1. The lowest BCUT2D eigenvalue weighted by Gasteiger charge is -2.37. The number of amides is 1. The molecule has 1 fully saturated rings. The number of piperazine rings is 1. The fraction of sp³-hybridized carbons (Fsp3) is 0.375. The molecule has 0 unspecified atom stereocenters. The van der Waals surface area contributed by atoms with E-state index in [0.29, 0.717) is 42.6 Å². The highest BCUT2D eigenvalue weighted by Gasteiger charge is 2.32. The quantitative estimate of drug-likeness (QED) is 0.901. The van der Waals surface area contributed by atoms with Gasteiger partial charge in [-0.3, -0.25) is 14.5 Å². The summed E-state index contributed by atoms with van der Waals surface area (Å²) in [6.07, 6.45) is 1.63. The van der Waals surface area contributed by atoms with Crippen molar-refractivity contribution in [3.05, 3.63) is 35.8 Å². The molecule has 3 rings (SSSR count). The average Bonchev–Trinajstić information content (AvgIpc) is 2.90. The molecular weight excluding hydrogens is 301 g/mol. The summed E-state index contributed by atoms with van der Waals surface area (Å²) in [5, 5.41) is 10.4. The summed E-state index contributed by atoms with van der Waals surface area (Å²) in [6, 6.07) is 3.46. The Balaban J connectivity index is 1.90. The number of hydrogen-bond acceptors (Lipinski definition) is 3. The SMILES string of the molecule is CC(=O)N1CCN([C@H](C(=O)O)c2c[nH]c3cc(F)ccc23)CC1. The van der Waals surface area contributed by atoms with Gasteiger partial charge in [0.05, 0.1) is 0 Å². The van der Waals surface area contributed by atoms with Gasteiger partial charge in [-0.25, -0.2) is 4.39 Å². The first-order valence-corrected chi connectivity index (χ1v) is 7.46. The van der Waals surface area contributed by atoms with Crippen LogP contribution in [0.1, 0.15) is 18.5 Å². The fourth-order valence-electron chi connectivity index (χ4n) is 3.13. The van der Waals surface area contributed by atoms with Gasteiger partial charge < -0.3 is 15.0 Å². The highest BCUT2D eigenvalue weighted by Crippen LogP contribution is 2.29. The molecule has 1 aromatic heterocycles. The first-order chi connectivity index (χ1) is 11.0. The lowest BCUT2D eigenvalue weighted by molar-refractivity contribution is -0.144. The summed E-state index contributed by atoms with van der Waals surface area (Å²) in [5.74, 6) is -1.32. The van der Waals surface area contributed by atoms with E-state index in [1.54, 1.807) is 17.2 Å². The van der Waals surface area contributed by atoms with Crippen LogP contribution < -0.4 is 0 Å². The minimum atomic E-state index is -0.952. The zero-order valence-electron chi connectivity index (χ0n) is 12.8. The predicted octanol–water partition coefficient (Wildman–Crippen LogP) is 1.60. The van der Waals surface area contributed by atoms with Gasteiger partial charge in [-0.2, -0.15) is 0 Å². The van der Waals surface area contributed by atoms with Crippen LogP contribution in [0, 0.1) is 5.82 Å². The molecule has 23 heavy (non-hydrogen) atoms. The number of nitrogens with one attached hydrogen (secondary N) is 1. The van der Waals surface area contributed by atoms with Gasteiger partial charge in [-0.05, 0) is 18.2 Å². The maximum atomic E-state index is 13.3. The molecule has 7 heteroatoms. The van der Waals surface area contributed by atoms with Crippen molar-refractivity contribution in [2.75, 3.05) is 26.2 Å². The van der Waals surface area contributed by atoms with Crippen molar-refractivity contribution in [2.24, 2.45) is 0 Å². The molecule has 0 bridgehead atoms. The van der Waals surface area contributed by atoms with Gasteiger partial charge in [0.2, 0.25) is 5.91 Å². The van der Waals surface area contributed by atoms with E-state index in [-0.39, 0.29) is 11.7 Å². The van der Waals surface area contributed by atoms with Crippen LogP contribution in [-0.4, -0.2) is 57.9 Å². The van der Waals surface area contributed by atoms with Crippen LogP contribution in [0.15, 0.2) is 24.4 Å². The number of aromatic amines is 1. The Morgan fingerprint density at radius 1 is 1.26 bits per heavy atom. The zero-order chi connectivity index (χ0) is 16.6. The van der Waals surface area contributed by atoms with Crippen LogP contribution in [0.3, 0.4) is 0 Å². The Bertz CT molecular complexity index is 750. The van der Waals surface area contributed by atoms with E-state index >= 15 is 0 Å². The van der Waals surface area contributed by atoms with E-state index in [4.69, 9.17) is 0 Å². The van der Waals surface area contributed by atoms with Crippen molar-refractivity contribution in [3.8, 4) is 0 Å². The van der Waals surface area contributed by atoms with Gasteiger partial charge >= 0.3 is 5.97 Å². The van der Waals surface area contributed by atoms with Gasteiger partial charge in [-0.1, -0.05) is 0 Å². The third kappa shape index (κ3) is 2.92. The molecular formula is C16H18FN3O3. The van der Waals surface area contributed by atoms with Crippen molar-refractivity contribution < 1.29 is 19.1 Å². The molecule has 0 spiro atoms. The molecule has 2 aromatic rings. The minimum absolute atomic E-state index is 0.000838. The first kappa shape index (κ1) is 15.5. The van der Waals surface area contributed by atoms with Crippen LogP contribution in [0.5, 0.6) is 0 Å². The van der Waals surface area contributed by atoms with Crippen molar-refractivity contribution >= 4 is 22.8 Å². The third-order valence-electron chi connectivity index (χ3n) is 4.33. The Morgan fingerprint density at radius 2 is 1.96 bits per heavy atom. The smallest absolute Gasteiger partial charge is 0.325 e. The Morgan fingerprint density at radius 3 is 2.57 bits per heavy atom. The molecule has 0 saturated carbocycles. The first-order valence-electron chi connectivity index (χ1n) is 7.46. The summed E-state index contributed by atoms with van der Waals surface area (Å²) >= 11 is 0. The number of carboxylic acid groups (broad SMARTS) is 1. The van der Waals surface area contributed by atoms with Gasteiger partial charge in [-0.15, -0.1) is 0 Å². The van der Waals surface area contributed by atoms with Crippen molar-refractivity contribution in [1.82, 2.24) is 14.8 Å². The number of carboxylic acids is 1. The molecule has 1 aromatic carbocycles. The lowest BCUT2D eigenvalue weighted by atomic mass is 10.0. The van der Waals surface area contributed by atoms with Crippen LogP contribution in [0.2, 0.25) is 0 Å². The number of benzene rings is 1. The maximum Gasteiger partial charge on any atom is 0.325 e. The summed E-state index contributed by atoms with van der Waals surface area (Å²) < 4.78 is 13.3. The highest BCUT2D eigenvalue weighted by atomic mass is 19.1. The van der Waals surface area contributed by atoms with Crippen molar-refractivity contribution in [3.63, 3.8) is 0 Å². The normalized spacial score (nSPS) is 17.4. The number of aromatic nitrogens is 1. The van der Waals surface area contributed by atoms with Gasteiger partial charge in [0.1, 0.15) is 11.9 Å². The molecule has 1 amide bonds. The largest absolute Gasteiger partial charge is 0.480 e. The second-order valence-electron chi connectivity index (χ2n) is 5.72. The zero-order valence-corrected chi connectivity index (χ0v) is 12.8. The van der Waals surface area contributed by atoms with Gasteiger partial charge in [0.15, 0.2) is 0 Å². The number of carbonyl (C=O) groups excluding carboxylic acids is 1. The summed E-state index contributed by atoms with van der Waals surface area (Å²) in [5.41, 5.74) is 1.19. The van der Waals surface area contributed by atoms with E-state index in [0.717, 1.165) is 0 Å². The topological polar surface area (TPSA) is 76.6 Å². The maximum absolute atomic E-state index is 13.3. The second kappa shape index (κ2) is 6.00. The van der Waals surface area contributed by atoms with Crippen LogP contribution in [-0.2, 0) is 9.59 Å². The van der Waals surface area contributed by atoms with E-state index in [9.17, 15) is 19.1 Å². The molecule has 2 heterocycles. The molecule has 0 aliphatic carbocycles. The molecule has 1 aliphatic heterocycles. The molecule has 1 aliphatic rings.